The highest BCUT2D eigenvalue weighted by molar-refractivity contribution is 5.94. The van der Waals surface area contributed by atoms with Crippen LogP contribution in [0.4, 0.5) is 0 Å². The Hall–Kier alpha value is -1.19. The lowest BCUT2D eigenvalue weighted by Gasteiger charge is -2.22. The number of Topliss-reactive ketones (excluding diaryl/α,β-unsaturated/α-hetero) is 1. The third kappa shape index (κ3) is 9.52. The van der Waals surface area contributed by atoms with E-state index in [1.54, 1.807) is 6.92 Å². The summed E-state index contributed by atoms with van der Waals surface area (Å²) in [6, 6.07) is 0. The summed E-state index contributed by atoms with van der Waals surface area (Å²) in [7, 11) is 0. The minimum absolute atomic E-state index is 0.0132. The van der Waals surface area contributed by atoms with Crippen molar-refractivity contribution in [2.75, 3.05) is 13.2 Å². The van der Waals surface area contributed by atoms with Crippen LogP contribution in [0.3, 0.4) is 0 Å². The van der Waals surface area contributed by atoms with E-state index in [4.69, 9.17) is 9.47 Å². The topological polar surface area (TPSA) is 35.5 Å². The number of ether oxygens (including phenoxy) is 2. The summed E-state index contributed by atoms with van der Waals surface area (Å²) >= 11 is 0. The first-order valence-electron chi connectivity index (χ1n) is 8.72. The van der Waals surface area contributed by atoms with Crippen molar-refractivity contribution >= 4 is 5.78 Å². The molecule has 0 bridgehead atoms. The fourth-order valence-electron chi connectivity index (χ4n) is 2.41. The van der Waals surface area contributed by atoms with Gasteiger partial charge < -0.3 is 9.47 Å². The Labute approximate surface area is 141 Å². The van der Waals surface area contributed by atoms with Gasteiger partial charge in [-0.15, -0.1) is 0 Å². The molecule has 1 saturated heterocycles. The normalized spacial score (nSPS) is 19.7. The second kappa shape index (κ2) is 11.4. The van der Waals surface area contributed by atoms with Gasteiger partial charge in [0.25, 0.3) is 0 Å². The molecule has 0 aromatic heterocycles. The summed E-state index contributed by atoms with van der Waals surface area (Å²) in [6.07, 6.45) is 11.2. The number of hydrogen-bond donors (Lipinski definition) is 0. The van der Waals surface area contributed by atoms with E-state index in [-0.39, 0.29) is 12.1 Å². The van der Waals surface area contributed by atoms with Crippen LogP contribution in [-0.4, -0.2) is 25.3 Å². The highest BCUT2D eigenvalue weighted by Crippen LogP contribution is 2.15. The average molecular weight is 320 g/mol. The van der Waals surface area contributed by atoms with Crippen molar-refractivity contribution in [2.45, 2.75) is 72.0 Å². The predicted molar refractivity (Wildman–Crippen MR) is 95.3 cm³/mol. The quantitative estimate of drug-likeness (QED) is 0.413. The molecule has 1 aliphatic rings. The fourth-order valence-corrected chi connectivity index (χ4v) is 2.41. The molecule has 1 atom stereocenters. The van der Waals surface area contributed by atoms with Crippen LogP contribution >= 0.6 is 0 Å². The Kier molecular flexibility index (Phi) is 9.81. The van der Waals surface area contributed by atoms with Crippen molar-refractivity contribution in [3.8, 4) is 0 Å². The third-order valence-corrected chi connectivity index (χ3v) is 4.11. The fraction of sp³-hybridized carbons (Fsp3) is 0.650. The van der Waals surface area contributed by atoms with Gasteiger partial charge in [-0.2, -0.15) is 0 Å². The second-order valence-electron chi connectivity index (χ2n) is 6.47. The molecule has 1 fully saturated rings. The summed E-state index contributed by atoms with van der Waals surface area (Å²) in [5.41, 5.74) is 3.26. The largest absolute Gasteiger partial charge is 0.353 e. The van der Waals surface area contributed by atoms with Crippen LogP contribution in [0.2, 0.25) is 0 Å². The summed E-state index contributed by atoms with van der Waals surface area (Å²) in [6.45, 7) is 11.1. The van der Waals surface area contributed by atoms with Crippen LogP contribution in [-0.2, 0) is 14.3 Å². The first-order chi connectivity index (χ1) is 11.0. The first-order valence-corrected chi connectivity index (χ1v) is 8.72. The van der Waals surface area contributed by atoms with E-state index in [0.29, 0.717) is 18.6 Å². The number of rotatable bonds is 10. The minimum atomic E-state index is -0.0132. The molecule has 1 unspecified atom stereocenters. The number of carbonyl (C=O) groups is 1. The molecule has 0 N–H and O–H groups in total. The lowest BCUT2D eigenvalue weighted by Crippen LogP contribution is -2.22. The van der Waals surface area contributed by atoms with Crippen molar-refractivity contribution in [3.05, 3.63) is 35.5 Å². The summed E-state index contributed by atoms with van der Waals surface area (Å²) in [4.78, 5) is 11.5. The van der Waals surface area contributed by atoms with E-state index >= 15 is 0 Å². The molecule has 3 heteroatoms. The van der Waals surface area contributed by atoms with Crippen LogP contribution < -0.4 is 0 Å². The highest BCUT2D eigenvalue weighted by atomic mass is 16.7. The third-order valence-electron chi connectivity index (χ3n) is 4.11. The van der Waals surface area contributed by atoms with Gasteiger partial charge in [0.05, 0.1) is 6.61 Å². The van der Waals surface area contributed by atoms with Crippen LogP contribution in [0.5, 0.6) is 0 Å². The average Bonchev–Trinajstić information content (AvgIpc) is 2.53. The predicted octanol–water partition coefficient (Wildman–Crippen LogP) is 5.13. The maximum Gasteiger partial charge on any atom is 0.158 e. The van der Waals surface area contributed by atoms with Crippen molar-refractivity contribution in [3.63, 3.8) is 0 Å². The molecule has 3 nitrogen and oxygen atoms in total. The summed E-state index contributed by atoms with van der Waals surface area (Å²) in [5, 5.41) is 0. The Morgan fingerprint density at radius 3 is 2.52 bits per heavy atom. The molecule has 0 amide bonds. The maximum atomic E-state index is 11.5. The van der Waals surface area contributed by atoms with Gasteiger partial charge in [0.15, 0.2) is 12.1 Å². The number of ketones is 1. The van der Waals surface area contributed by atoms with E-state index in [1.165, 1.54) is 17.6 Å². The molecule has 0 aromatic rings. The summed E-state index contributed by atoms with van der Waals surface area (Å²) in [5.74, 6) is 0.163. The van der Waals surface area contributed by atoms with Gasteiger partial charge in [0, 0.05) is 13.0 Å². The zero-order valence-electron chi connectivity index (χ0n) is 15.0. The highest BCUT2D eigenvalue weighted by Gasteiger charge is 2.12. The Morgan fingerprint density at radius 2 is 1.87 bits per heavy atom. The van der Waals surface area contributed by atoms with Crippen LogP contribution in [0.15, 0.2) is 35.5 Å². The first kappa shape index (κ1) is 19.9. The molecule has 130 valence electrons. The molecule has 1 heterocycles. The molecule has 0 aliphatic carbocycles. The molecule has 0 saturated carbocycles. The van der Waals surface area contributed by atoms with Crippen molar-refractivity contribution in [2.24, 2.45) is 0 Å². The van der Waals surface area contributed by atoms with E-state index in [9.17, 15) is 4.79 Å². The summed E-state index contributed by atoms with van der Waals surface area (Å²) < 4.78 is 11.2. The standard InChI is InChI=1S/C20H32O3/c1-16(2)19(21)12-11-17(3)8-7-9-18(4)13-15-23-20-10-5-6-14-22-20/h8,13,20H,1,5-7,9-12,14-15H2,2-4H3/b17-8+,18-13+. The van der Waals surface area contributed by atoms with Gasteiger partial charge in [-0.1, -0.05) is 29.9 Å². The Morgan fingerprint density at radius 1 is 1.13 bits per heavy atom. The van der Waals surface area contributed by atoms with Gasteiger partial charge >= 0.3 is 0 Å². The monoisotopic (exact) mass is 320 g/mol. The molecular formula is C20H32O3. The lowest BCUT2D eigenvalue weighted by atomic mass is 10.0. The zero-order valence-corrected chi connectivity index (χ0v) is 15.0. The van der Waals surface area contributed by atoms with Gasteiger partial charge in [0.2, 0.25) is 0 Å². The second-order valence-corrected chi connectivity index (χ2v) is 6.47. The molecule has 0 spiro atoms. The Balaban J connectivity index is 2.17. The molecule has 1 rings (SSSR count). The number of allylic oxidation sites excluding steroid dienone is 4. The van der Waals surface area contributed by atoms with Crippen molar-refractivity contribution in [1.82, 2.24) is 0 Å². The number of carbonyl (C=O) groups excluding carboxylic acids is 1. The van der Waals surface area contributed by atoms with Crippen molar-refractivity contribution in [1.29, 1.82) is 0 Å². The SMILES string of the molecule is C=C(C)C(=O)CC/C(C)=C/CC/C(C)=C/COC1CCCCO1. The van der Waals surface area contributed by atoms with Gasteiger partial charge in [-0.05, 0) is 64.9 Å². The van der Waals surface area contributed by atoms with Crippen molar-refractivity contribution < 1.29 is 14.3 Å². The smallest absolute Gasteiger partial charge is 0.158 e. The van der Waals surface area contributed by atoms with Crippen LogP contribution in [0.1, 0.15) is 65.7 Å². The molecule has 1 aliphatic heterocycles. The Bertz CT molecular complexity index is 440. The zero-order chi connectivity index (χ0) is 17.1. The molecule has 0 radical (unpaired) electrons. The van der Waals surface area contributed by atoms with Crippen LogP contribution in [0.25, 0.3) is 0 Å². The molecule has 23 heavy (non-hydrogen) atoms. The number of hydrogen-bond acceptors (Lipinski definition) is 3. The van der Waals surface area contributed by atoms with Crippen LogP contribution in [0, 0.1) is 0 Å². The van der Waals surface area contributed by atoms with E-state index in [0.717, 1.165) is 38.7 Å². The van der Waals surface area contributed by atoms with Gasteiger partial charge in [-0.3, -0.25) is 4.79 Å². The van der Waals surface area contributed by atoms with E-state index < -0.39 is 0 Å². The van der Waals surface area contributed by atoms with E-state index in [1.807, 2.05) is 0 Å². The maximum absolute atomic E-state index is 11.5. The molecule has 0 aromatic carbocycles. The molecular weight excluding hydrogens is 288 g/mol. The van der Waals surface area contributed by atoms with Gasteiger partial charge in [0.1, 0.15) is 0 Å². The van der Waals surface area contributed by atoms with Gasteiger partial charge in [-0.25, -0.2) is 0 Å². The minimum Gasteiger partial charge on any atom is -0.353 e. The lowest BCUT2D eigenvalue weighted by molar-refractivity contribution is -0.155. The van der Waals surface area contributed by atoms with E-state index in [2.05, 4.69) is 32.6 Å².